The average molecular weight is 414 g/mol. The molecule has 158 valence electrons. The minimum absolute atomic E-state index is 0.0426. The third-order valence-corrected chi connectivity index (χ3v) is 6.33. The van der Waals surface area contributed by atoms with Gasteiger partial charge in [0.25, 0.3) is 5.91 Å². The lowest BCUT2D eigenvalue weighted by molar-refractivity contribution is 0.0743. The van der Waals surface area contributed by atoms with Gasteiger partial charge in [0.1, 0.15) is 5.75 Å². The number of nitrogens with zero attached hydrogens (tertiary/aromatic N) is 3. The number of carbonyl (C=O) groups is 1. The van der Waals surface area contributed by atoms with Crippen LogP contribution in [0.1, 0.15) is 21.5 Å². The maximum atomic E-state index is 12.9. The van der Waals surface area contributed by atoms with Gasteiger partial charge in [-0.3, -0.25) is 4.79 Å². The molecule has 0 saturated carbocycles. The van der Waals surface area contributed by atoms with Crippen LogP contribution in [-0.4, -0.2) is 44.1 Å². The molecule has 0 N–H and O–H groups in total. The lowest BCUT2D eigenvalue weighted by Gasteiger charge is -2.36. The second kappa shape index (κ2) is 8.34. The second-order valence-corrected chi connectivity index (χ2v) is 8.12. The SMILES string of the molecule is COc1ccccc1C(=O)N1CCN(c2ccc(N3Cc4ccccc4C3)cc2)CC1. The van der Waals surface area contributed by atoms with Crippen molar-refractivity contribution in [3.8, 4) is 5.75 Å². The summed E-state index contributed by atoms with van der Waals surface area (Å²) >= 11 is 0. The van der Waals surface area contributed by atoms with E-state index in [1.165, 1.54) is 22.5 Å². The molecule has 3 aromatic rings. The second-order valence-electron chi connectivity index (χ2n) is 8.12. The molecule has 2 heterocycles. The molecule has 0 radical (unpaired) electrons. The Hall–Kier alpha value is -3.47. The van der Waals surface area contributed by atoms with E-state index in [1.807, 2.05) is 29.2 Å². The van der Waals surface area contributed by atoms with E-state index in [2.05, 4.69) is 58.3 Å². The molecule has 0 atom stereocenters. The van der Waals surface area contributed by atoms with Crippen molar-refractivity contribution in [3.63, 3.8) is 0 Å². The van der Waals surface area contributed by atoms with Gasteiger partial charge < -0.3 is 19.4 Å². The van der Waals surface area contributed by atoms with Gasteiger partial charge in [-0.05, 0) is 47.5 Å². The lowest BCUT2D eigenvalue weighted by Crippen LogP contribution is -2.48. The number of amides is 1. The Morgan fingerprint density at radius 3 is 1.87 bits per heavy atom. The third-order valence-electron chi connectivity index (χ3n) is 6.33. The predicted molar refractivity (Wildman–Crippen MR) is 124 cm³/mol. The highest BCUT2D eigenvalue weighted by Gasteiger charge is 2.24. The third kappa shape index (κ3) is 3.83. The first-order chi connectivity index (χ1) is 15.2. The maximum Gasteiger partial charge on any atom is 0.257 e. The molecule has 0 spiro atoms. The van der Waals surface area contributed by atoms with Gasteiger partial charge in [0.15, 0.2) is 0 Å². The summed E-state index contributed by atoms with van der Waals surface area (Å²) in [4.78, 5) is 19.6. The fourth-order valence-electron chi connectivity index (χ4n) is 4.55. The summed E-state index contributed by atoms with van der Waals surface area (Å²) < 4.78 is 5.36. The Bertz CT molecular complexity index is 1050. The number of piperazine rings is 1. The first-order valence-corrected chi connectivity index (χ1v) is 10.8. The molecule has 1 saturated heterocycles. The van der Waals surface area contributed by atoms with Gasteiger partial charge >= 0.3 is 0 Å². The number of rotatable bonds is 4. The topological polar surface area (TPSA) is 36.0 Å². The molecule has 31 heavy (non-hydrogen) atoms. The zero-order valence-corrected chi connectivity index (χ0v) is 17.8. The van der Waals surface area contributed by atoms with Gasteiger partial charge in [0, 0.05) is 50.6 Å². The van der Waals surface area contributed by atoms with Gasteiger partial charge in [0.2, 0.25) is 0 Å². The van der Waals surface area contributed by atoms with Crippen molar-refractivity contribution in [2.75, 3.05) is 43.1 Å². The number of fused-ring (bicyclic) bond motifs is 1. The van der Waals surface area contributed by atoms with Crippen molar-refractivity contribution >= 4 is 17.3 Å². The van der Waals surface area contributed by atoms with Crippen molar-refractivity contribution in [1.82, 2.24) is 4.90 Å². The van der Waals surface area contributed by atoms with E-state index in [-0.39, 0.29) is 5.91 Å². The summed E-state index contributed by atoms with van der Waals surface area (Å²) in [6.07, 6.45) is 0. The first-order valence-electron chi connectivity index (χ1n) is 10.8. The Morgan fingerprint density at radius 2 is 1.26 bits per heavy atom. The zero-order chi connectivity index (χ0) is 21.2. The van der Waals surface area contributed by atoms with Crippen LogP contribution in [0.25, 0.3) is 0 Å². The fourth-order valence-corrected chi connectivity index (χ4v) is 4.55. The van der Waals surface area contributed by atoms with E-state index < -0.39 is 0 Å². The smallest absolute Gasteiger partial charge is 0.257 e. The van der Waals surface area contributed by atoms with Crippen LogP contribution in [0, 0.1) is 0 Å². The standard InChI is InChI=1S/C26H27N3O2/c1-31-25-9-5-4-8-24(25)26(30)28-16-14-27(15-17-28)22-10-12-23(13-11-22)29-18-20-6-2-3-7-21(20)19-29/h2-13H,14-19H2,1H3. The number of anilines is 2. The van der Waals surface area contributed by atoms with E-state index in [4.69, 9.17) is 4.74 Å². The Balaban J connectivity index is 1.21. The van der Waals surface area contributed by atoms with E-state index >= 15 is 0 Å². The summed E-state index contributed by atoms with van der Waals surface area (Å²) in [5, 5.41) is 0. The first kappa shape index (κ1) is 19.5. The molecular weight excluding hydrogens is 386 g/mol. The van der Waals surface area contributed by atoms with E-state index in [0.717, 1.165) is 26.2 Å². The molecule has 5 rings (SSSR count). The molecule has 5 nitrogen and oxygen atoms in total. The van der Waals surface area contributed by atoms with Gasteiger partial charge in [-0.2, -0.15) is 0 Å². The van der Waals surface area contributed by atoms with Crippen LogP contribution in [0.5, 0.6) is 5.75 Å². The van der Waals surface area contributed by atoms with E-state index in [1.54, 1.807) is 7.11 Å². The van der Waals surface area contributed by atoms with Crippen LogP contribution in [0.15, 0.2) is 72.8 Å². The lowest BCUT2D eigenvalue weighted by atomic mass is 10.1. The van der Waals surface area contributed by atoms with Crippen LogP contribution in [0.2, 0.25) is 0 Å². The van der Waals surface area contributed by atoms with Gasteiger partial charge in [-0.25, -0.2) is 0 Å². The normalized spacial score (nSPS) is 15.7. The van der Waals surface area contributed by atoms with E-state index in [9.17, 15) is 4.79 Å². The summed E-state index contributed by atoms with van der Waals surface area (Å²) in [6.45, 7) is 5.02. The van der Waals surface area contributed by atoms with Crippen molar-refractivity contribution in [2.45, 2.75) is 13.1 Å². The van der Waals surface area contributed by atoms with E-state index in [0.29, 0.717) is 24.4 Å². The number of benzene rings is 3. The van der Waals surface area contributed by atoms with Crippen molar-refractivity contribution in [2.24, 2.45) is 0 Å². The highest BCUT2D eigenvalue weighted by atomic mass is 16.5. The van der Waals surface area contributed by atoms with Gasteiger partial charge in [-0.15, -0.1) is 0 Å². The van der Waals surface area contributed by atoms with Crippen LogP contribution >= 0.6 is 0 Å². The molecule has 0 aliphatic carbocycles. The Labute approximate surface area is 183 Å². The number of para-hydroxylation sites is 1. The molecule has 1 fully saturated rings. The molecule has 2 aliphatic rings. The number of hydrogen-bond acceptors (Lipinski definition) is 4. The van der Waals surface area contributed by atoms with Crippen LogP contribution in [0.3, 0.4) is 0 Å². The molecule has 5 heteroatoms. The number of methoxy groups -OCH3 is 1. The molecule has 0 aromatic heterocycles. The number of hydrogen-bond donors (Lipinski definition) is 0. The minimum atomic E-state index is 0.0426. The van der Waals surface area contributed by atoms with Crippen molar-refractivity contribution in [3.05, 3.63) is 89.5 Å². The molecule has 1 amide bonds. The van der Waals surface area contributed by atoms with Crippen LogP contribution in [-0.2, 0) is 13.1 Å². The molecular formula is C26H27N3O2. The minimum Gasteiger partial charge on any atom is -0.496 e. The molecule has 0 bridgehead atoms. The van der Waals surface area contributed by atoms with Crippen LogP contribution in [0.4, 0.5) is 11.4 Å². The largest absolute Gasteiger partial charge is 0.496 e. The molecule has 3 aromatic carbocycles. The average Bonchev–Trinajstić information content (AvgIpc) is 3.28. The Kier molecular flexibility index (Phi) is 5.24. The summed E-state index contributed by atoms with van der Waals surface area (Å²) in [5.41, 5.74) is 5.94. The predicted octanol–water partition coefficient (Wildman–Crippen LogP) is 4.18. The number of carbonyl (C=O) groups excluding carboxylic acids is 1. The quantitative estimate of drug-likeness (QED) is 0.643. The monoisotopic (exact) mass is 413 g/mol. The highest BCUT2D eigenvalue weighted by Crippen LogP contribution is 2.30. The summed E-state index contributed by atoms with van der Waals surface area (Å²) in [6, 6.07) is 24.9. The Morgan fingerprint density at radius 1 is 0.710 bits per heavy atom. The molecule has 2 aliphatic heterocycles. The van der Waals surface area contributed by atoms with Crippen molar-refractivity contribution in [1.29, 1.82) is 0 Å². The summed E-state index contributed by atoms with van der Waals surface area (Å²) in [5.74, 6) is 0.677. The molecule has 0 unspecified atom stereocenters. The number of ether oxygens (including phenoxy) is 1. The van der Waals surface area contributed by atoms with Crippen molar-refractivity contribution < 1.29 is 9.53 Å². The van der Waals surface area contributed by atoms with Crippen LogP contribution < -0.4 is 14.5 Å². The van der Waals surface area contributed by atoms with Gasteiger partial charge in [-0.1, -0.05) is 36.4 Å². The maximum absolute atomic E-state index is 12.9. The van der Waals surface area contributed by atoms with Gasteiger partial charge in [0.05, 0.1) is 12.7 Å². The fraction of sp³-hybridized carbons (Fsp3) is 0.269. The summed E-state index contributed by atoms with van der Waals surface area (Å²) in [7, 11) is 1.61. The highest BCUT2D eigenvalue weighted by molar-refractivity contribution is 5.97. The zero-order valence-electron chi connectivity index (χ0n) is 17.8.